The molecule has 0 radical (unpaired) electrons. The minimum absolute atomic E-state index is 0.00260. The van der Waals surface area contributed by atoms with Gasteiger partial charge in [-0.15, -0.1) is 0 Å². The molecule has 136 valence electrons. The summed E-state index contributed by atoms with van der Waals surface area (Å²) in [6.07, 6.45) is 0. The Kier molecular flexibility index (Phi) is 6.43. The molecule has 7 nitrogen and oxygen atoms in total. The van der Waals surface area contributed by atoms with E-state index in [1.807, 2.05) is 24.3 Å². The first kappa shape index (κ1) is 19.1. The van der Waals surface area contributed by atoms with Gasteiger partial charge in [0, 0.05) is 12.1 Å². The predicted octanol–water partition coefficient (Wildman–Crippen LogP) is 3.64. The van der Waals surface area contributed by atoms with Gasteiger partial charge < -0.3 is 4.74 Å². The van der Waals surface area contributed by atoms with Gasteiger partial charge in [0.25, 0.3) is 11.6 Å². The molecule has 0 heterocycles. The molecule has 26 heavy (non-hydrogen) atoms. The highest BCUT2D eigenvalue weighted by Crippen LogP contribution is 2.25. The maximum Gasteiger partial charge on any atom is 0.277 e. The lowest BCUT2D eigenvalue weighted by atomic mass is 10.0. The topological polar surface area (TPSA) is 93.8 Å². The molecule has 0 saturated carbocycles. The van der Waals surface area contributed by atoms with Gasteiger partial charge in [-0.2, -0.15) is 5.10 Å². The number of nitro benzene ring substituents is 1. The summed E-state index contributed by atoms with van der Waals surface area (Å²) >= 11 is 0. The van der Waals surface area contributed by atoms with Crippen molar-refractivity contribution >= 4 is 17.3 Å². The van der Waals surface area contributed by atoms with Gasteiger partial charge in [-0.1, -0.05) is 32.0 Å². The van der Waals surface area contributed by atoms with Crippen molar-refractivity contribution in [3.05, 3.63) is 69.8 Å². The number of non-ortho nitro benzene ring substituents is 1. The third-order valence-corrected chi connectivity index (χ3v) is 3.74. The summed E-state index contributed by atoms with van der Waals surface area (Å²) in [5, 5.41) is 14.7. The summed E-state index contributed by atoms with van der Waals surface area (Å²) in [6.45, 7) is 5.66. The molecule has 0 unspecified atom stereocenters. The van der Waals surface area contributed by atoms with Gasteiger partial charge in [-0.3, -0.25) is 14.9 Å². The first-order valence-electron chi connectivity index (χ1n) is 8.18. The molecular weight excluding hydrogens is 334 g/mol. The highest BCUT2D eigenvalue weighted by molar-refractivity contribution is 5.99. The van der Waals surface area contributed by atoms with Crippen molar-refractivity contribution in [1.29, 1.82) is 0 Å². The molecule has 0 aliphatic heterocycles. The van der Waals surface area contributed by atoms with Crippen molar-refractivity contribution in [3.8, 4) is 5.75 Å². The first-order chi connectivity index (χ1) is 12.4. The van der Waals surface area contributed by atoms with Crippen molar-refractivity contribution in [3.63, 3.8) is 0 Å². The zero-order valence-electron chi connectivity index (χ0n) is 14.9. The quantitative estimate of drug-likeness (QED) is 0.466. The Morgan fingerprint density at radius 2 is 1.85 bits per heavy atom. The fraction of sp³-hybridized carbons (Fsp3) is 0.263. The third-order valence-electron chi connectivity index (χ3n) is 3.74. The molecule has 1 amide bonds. The van der Waals surface area contributed by atoms with Crippen LogP contribution in [0.25, 0.3) is 0 Å². The summed E-state index contributed by atoms with van der Waals surface area (Å²) in [4.78, 5) is 22.1. The average molecular weight is 355 g/mol. The molecule has 0 aliphatic rings. The zero-order chi connectivity index (χ0) is 19.1. The van der Waals surface area contributed by atoms with Gasteiger partial charge in [-0.05, 0) is 42.2 Å². The fourth-order valence-corrected chi connectivity index (χ4v) is 2.30. The second-order valence-electron chi connectivity index (χ2n) is 6.02. The highest BCUT2D eigenvalue weighted by Gasteiger charge is 2.09. The predicted molar refractivity (Wildman–Crippen MR) is 99.5 cm³/mol. The Hall–Kier alpha value is -3.22. The molecule has 2 aromatic rings. The van der Waals surface area contributed by atoms with E-state index in [9.17, 15) is 14.9 Å². The molecule has 0 aliphatic carbocycles. The minimum Gasteiger partial charge on any atom is -0.483 e. The van der Waals surface area contributed by atoms with Crippen LogP contribution in [0.1, 0.15) is 37.8 Å². The molecule has 7 heteroatoms. The van der Waals surface area contributed by atoms with Crippen molar-refractivity contribution in [1.82, 2.24) is 5.43 Å². The number of hydrazone groups is 1. The van der Waals surface area contributed by atoms with E-state index in [1.54, 1.807) is 19.1 Å². The van der Waals surface area contributed by atoms with Gasteiger partial charge in [-0.25, -0.2) is 5.43 Å². The molecule has 0 aromatic heterocycles. The number of para-hydroxylation sites is 1. The average Bonchev–Trinajstić information content (AvgIpc) is 2.64. The number of hydrogen-bond donors (Lipinski definition) is 1. The molecule has 0 bridgehead atoms. The molecule has 0 atom stereocenters. The van der Waals surface area contributed by atoms with E-state index in [0.717, 1.165) is 5.56 Å². The lowest BCUT2D eigenvalue weighted by Crippen LogP contribution is -2.25. The second-order valence-corrected chi connectivity index (χ2v) is 6.02. The van der Waals surface area contributed by atoms with E-state index in [-0.39, 0.29) is 24.1 Å². The first-order valence-corrected chi connectivity index (χ1v) is 8.18. The number of carbonyl (C=O) groups excluding carboxylic acids is 1. The molecular formula is C19H21N3O4. The number of nitrogens with one attached hydrogen (secondary N) is 1. The lowest BCUT2D eigenvalue weighted by Gasteiger charge is -2.13. The normalized spacial score (nSPS) is 11.3. The minimum atomic E-state index is -0.468. The number of carbonyl (C=O) groups is 1. The maximum atomic E-state index is 11.9. The van der Waals surface area contributed by atoms with E-state index >= 15 is 0 Å². The van der Waals surface area contributed by atoms with E-state index in [2.05, 4.69) is 24.4 Å². The summed E-state index contributed by atoms with van der Waals surface area (Å²) < 4.78 is 5.58. The second kappa shape index (κ2) is 8.75. The summed E-state index contributed by atoms with van der Waals surface area (Å²) in [5.74, 6) is 0.579. The standard InChI is InChI=1S/C19H21N3O4/c1-13(2)17-6-4-5-7-18(17)26-12-19(23)21-20-14(3)15-8-10-16(11-9-15)22(24)25/h4-11,13H,12H2,1-3H3,(H,21,23). The van der Waals surface area contributed by atoms with E-state index in [1.165, 1.54) is 12.1 Å². The third kappa shape index (κ3) is 5.14. The number of nitrogens with zero attached hydrogens (tertiary/aromatic N) is 2. The lowest BCUT2D eigenvalue weighted by molar-refractivity contribution is -0.384. The molecule has 1 N–H and O–H groups in total. The van der Waals surface area contributed by atoms with Crippen LogP contribution in [0, 0.1) is 10.1 Å². The van der Waals surface area contributed by atoms with Crippen LogP contribution >= 0.6 is 0 Å². The van der Waals surface area contributed by atoms with Crippen molar-refractivity contribution < 1.29 is 14.5 Å². The monoisotopic (exact) mass is 355 g/mol. The Morgan fingerprint density at radius 3 is 2.46 bits per heavy atom. The van der Waals surface area contributed by atoms with Crippen LogP contribution in [0.15, 0.2) is 53.6 Å². The number of amides is 1. The maximum absolute atomic E-state index is 11.9. The van der Waals surface area contributed by atoms with Gasteiger partial charge in [0.1, 0.15) is 5.75 Å². The summed E-state index contributed by atoms with van der Waals surface area (Å²) in [5.41, 5.74) is 4.68. The van der Waals surface area contributed by atoms with Crippen molar-refractivity contribution in [2.45, 2.75) is 26.7 Å². The summed E-state index contributed by atoms with van der Waals surface area (Å²) in [7, 11) is 0. The van der Waals surface area contributed by atoms with Crippen molar-refractivity contribution in [2.75, 3.05) is 6.61 Å². The van der Waals surface area contributed by atoms with E-state index < -0.39 is 4.92 Å². The van der Waals surface area contributed by atoms with Crippen molar-refractivity contribution in [2.24, 2.45) is 5.10 Å². The smallest absolute Gasteiger partial charge is 0.277 e. The van der Waals surface area contributed by atoms with Gasteiger partial charge in [0.2, 0.25) is 0 Å². The zero-order valence-corrected chi connectivity index (χ0v) is 14.9. The Bertz CT molecular complexity index is 814. The summed E-state index contributed by atoms with van der Waals surface area (Å²) in [6, 6.07) is 13.5. The number of nitro groups is 1. The highest BCUT2D eigenvalue weighted by atomic mass is 16.6. The number of rotatable bonds is 7. The van der Waals surface area contributed by atoms with E-state index in [0.29, 0.717) is 17.0 Å². The van der Waals surface area contributed by atoms with E-state index in [4.69, 9.17) is 4.74 Å². The van der Waals surface area contributed by atoms with Crippen LogP contribution in [0.3, 0.4) is 0 Å². The van der Waals surface area contributed by atoms with Crippen LogP contribution in [0.4, 0.5) is 5.69 Å². The number of hydrogen-bond acceptors (Lipinski definition) is 5. The Balaban J connectivity index is 1.93. The Labute approximate surface area is 151 Å². The molecule has 0 saturated heterocycles. The Morgan fingerprint density at radius 1 is 1.19 bits per heavy atom. The van der Waals surface area contributed by atoms with Gasteiger partial charge in [0.05, 0.1) is 10.6 Å². The van der Waals surface area contributed by atoms with Crippen LogP contribution in [-0.2, 0) is 4.79 Å². The molecule has 2 rings (SSSR count). The molecule has 0 spiro atoms. The SMILES string of the molecule is CC(=NNC(=O)COc1ccccc1C(C)C)c1ccc([N+](=O)[O-])cc1. The number of ether oxygens (including phenoxy) is 1. The van der Waals surface area contributed by atoms with Crippen LogP contribution in [0.5, 0.6) is 5.75 Å². The van der Waals surface area contributed by atoms with Gasteiger partial charge in [0.15, 0.2) is 6.61 Å². The largest absolute Gasteiger partial charge is 0.483 e. The number of benzene rings is 2. The molecule has 0 fully saturated rings. The van der Waals surface area contributed by atoms with Gasteiger partial charge >= 0.3 is 0 Å². The van der Waals surface area contributed by atoms with Crippen LogP contribution in [-0.4, -0.2) is 23.1 Å². The van der Waals surface area contributed by atoms with Crippen LogP contribution < -0.4 is 10.2 Å². The fourth-order valence-electron chi connectivity index (χ4n) is 2.30. The van der Waals surface area contributed by atoms with Crippen LogP contribution in [0.2, 0.25) is 0 Å². The molecule has 2 aromatic carbocycles.